The van der Waals surface area contributed by atoms with Crippen LogP contribution in [0.15, 0.2) is 48.8 Å². The summed E-state index contributed by atoms with van der Waals surface area (Å²) in [6, 6.07) is 10.4. The minimum atomic E-state index is -0.355. The summed E-state index contributed by atoms with van der Waals surface area (Å²) in [5, 5.41) is 6.25. The lowest BCUT2D eigenvalue weighted by Crippen LogP contribution is -2.32. The molecule has 0 spiro atoms. The fourth-order valence-electron chi connectivity index (χ4n) is 5.72. The van der Waals surface area contributed by atoms with Crippen LogP contribution in [0.4, 0.5) is 15.9 Å². The summed E-state index contributed by atoms with van der Waals surface area (Å²) < 4.78 is 21.1. The lowest BCUT2D eigenvalue weighted by molar-refractivity contribution is -0.134. The Kier molecular flexibility index (Phi) is 4.80. The van der Waals surface area contributed by atoms with E-state index in [0.717, 1.165) is 28.1 Å². The molecule has 7 rings (SSSR count). The van der Waals surface area contributed by atoms with E-state index in [0.29, 0.717) is 49.0 Å². The van der Waals surface area contributed by atoms with Gasteiger partial charge in [0, 0.05) is 37.3 Å². The molecular weight excluding hydrogens is 475 g/mol. The highest BCUT2D eigenvalue weighted by Gasteiger charge is 2.40. The number of imidazole rings is 1. The molecule has 1 aromatic carbocycles. The molecule has 0 bridgehead atoms. The highest BCUT2D eigenvalue weighted by Crippen LogP contribution is 2.39. The van der Waals surface area contributed by atoms with Gasteiger partial charge in [-0.05, 0) is 29.3 Å². The fourth-order valence-corrected chi connectivity index (χ4v) is 5.72. The van der Waals surface area contributed by atoms with Gasteiger partial charge in [-0.25, -0.2) is 14.4 Å². The lowest BCUT2D eigenvalue weighted by atomic mass is 9.88. The Labute approximate surface area is 211 Å². The van der Waals surface area contributed by atoms with E-state index in [1.165, 1.54) is 12.1 Å². The van der Waals surface area contributed by atoms with Crippen LogP contribution in [0.3, 0.4) is 0 Å². The molecule has 4 aromatic rings. The Hall–Kier alpha value is -4.31. The smallest absolute Gasteiger partial charge is 0.254 e. The number of amides is 2. The van der Waals surface area contributed by atoms with E-state index in [1.807, 2.05) is 24.3 Å². The highest BCUT2D eigenvalue weighted by atomic mass is 19.1. The molecule has 0 aliphatic carbocycles. The Balaban J connectivity index is 1.27. The van der Waals surface area contributed by atoms with E-state index >= 15 is 0 Å². The van der Waals surface area contributed by atoms with Crippen LogP contribution < -0.4 is 10.6 Å². The van der Waals surface area contributed by atoms with Gasteiger partial charge >= 0.3 is 0 Å². The number of nitrogens with zero attached hydrogens (tertiary/aromatic N) is 4. The van der Waals surface area contributed by atoms with Crippen molar-refractivity contribution >= 4 is 29.0 Å². The van der Waals surface area contributed by atoms with Crippen molar-refractivity contribution in [2.75, 3.05) is 25.6 Å². The number of ether oxygens (including phenoxy) is 1. The molecule has 0 radical (unpaired) electrons. The van der Waals surface area contributed by atoms with E-state index < -0.39 is 0 Å². The summed E-state index contributed by atoms with van der Waals surface area (Å²) in [6.07, 6.45) is 3.32. The monoisotopic (exact) mass is 498 g/mol. The van der Waals surface area contributed by atoms with Gasteiger partial charge in [0.2, 0.25) is 5.91 Å². The zero-order valence-corrected chi connectivity index (χ0v) is 20.0. The second kappa shape index (κ2) is 8.10. The molecule has 37 heavy (non-hydrogen) atoms. The molecule has 0 unspecified atom stereocenters. The normalized spacial score (nSPS) is 20.4. The number of hydrogen-bond donors (Lipinski definition) is 2. The van der Waals surface area contributed by atoms with Crippen LogP contribution in [-0.2, 0) is 22.6 Å². The van der Waals surface area contributed by atoms with Gasteiger partial charge < -0.3 is 20.3 Å². The number of hydrogen-bond acceptors (Lipinski definition) is 6. The maximum Gasteiger partial charge on any atom is 0.254 e. The predicted molar refractivity (Wildman–Crippen MR) is 133 cm³/mol. The van der Waals surface area contributed by atoms with E-state index in [4.69, 9.17) is 9.72 Å². The minimum Gasteiger partial charge on any atom is -0.380 e. The van der Waals surface area contributed by atoms with Gasteiger partial charge in [-0.3, -0.25) is 14.0 Å². The summed E-state index contributed by atoms with van der Waals surface area (Å²) in [5.41, 5.74) is 6.01. The van der Waals surface area contributed by atoms with Crippen molar-refractivity contribution in [2.45, 2.75) is 19.0 Å². The zero-order chi connectivity index (χ0) is 25.3. The summed E-state index contributed by atoms with van der Waals surface area (Å²) in [4.78, 5) is 36.6. The van der Waals surface area contributed by atoms with E-state index in [1.54, 1.807) is 28.7 Å². The van der Waals surface area contributed by atoms with Gasteiger partial charge in [0.15, 0.2) is 0 Å². The molecule has 1 saturated heterocycles. The summed E-state index contributed by atoms with van der Waals surface area (Å²) >= 11 is 0. The molecule has 2 atom stereocenters. The Morgan fingerprint density at radius 1 is 1.14 bits per heavy atom. The van der Waals surface area contributed by atoms with E-state index in [9.17, 15) is 14.0 Å². The van der Waals surface area contributed by atoms with Gasteiger partial charge in [0.25, 0.3) is 5.91 Å². The van der Waals surface area contributed by atoms with Crippen molar-refractivity contribution in [1.29, 1.82) is 0 Å². The number of anilines is 2. The molecular formula is C27H23FN6O3. The summed E-state index contributed by atoms with van der Waals surface area (Å²) in [5.74, 6) is -0.0341. The van der Waals surface area contributed by atoms with Gasteiger partial charge in [0.05, 0.1) is 54.5 Å². The number of halogens is 1. The minimum absolute atomic E-state index is 0.00209. The third-order valence-electron chi connectivity index (χ3n) is 7.55. The molecule has 3 aliphatic rings. The van der Waals surface area contributed by atoms with Gasteiger partial charge in [-0.2, -0.15) is 0 Å². The zero-order valence-electron chi connectivity index (χ0n) is 20.0. The number of nitrogens with one attached hydrogen (secondary N) is 2. The molecule has 186 valence electrons. The topological polar surface area (TPSA) is 101 Å². The van der Waals surface area contributed by atoms with Gasteiger partial charge in [-0.15, -0.1) is 0 Å². The first kappa shape index (κ1) is 21.9. The van der Waals surface area contributed by atoms with Crippen molar-refractivity contribution in [1.82, 2.24) is 24.6 Å². The second-order valence-electron chi connectivity index (χ2n) is 9.72. The number of carbonyl (C=O) groups is 2. The number of fused-ring (bicyclic) bond motifs is 5. The highest BCUT2D eigenvalue weighted by molar-refractivity contribution is 6.06. The third-order valence-corrected chi connectivity index (χ3v) is 7.55. The first-order chi connectivity index (χ1) is 18.0. The largest absolute Gasteiger partial charge is 0.380 e. The van der Waals surface area contributed by atoms with Gasteiger partial charge in [0.1, 0.15) is 17.3 Å². The van der Waals surface area contributed by atoms with E-state index in [-0.39, 0.29) is 29.5 Å². The molecule has 9 nitrogen and oxygen atoms in total. The molecule has 3 aromatic heterocycles. The molecule has 10 heteroatoms. The average molecular weight is 499 g/mol. The molecule has 6 heterocycles. The van der Waals surface area contributed by atoms with Crippen LogP contribution in [0.2, 0.25) is 0 Å². The Morgan fingerprint density at radius 2 is 2.00 bits per heavy atom. The maximum atomic E-state index is 13.7. The van der Waals surface area contributed by atoms with Crippen molar-refractivity contribution in [2.24, 2.45) is 5.92 Å². The fraction of sp³-hybridized carbons (Fsp3) is 0.259. The lowest BCUT2D eigenvalue weighted by Gasteiger charge is -2.18. The average Bonchev–Trinajstić information content (AvgIpc) is 3.61. The van der Waals surface area contributed by atoms with E-state index in [2.05, 4.69) is 15.6 Å². The van der Waals surface area contributed by atoms with Crippen molar-refractivity contribution in [3.05, 3.63) is 77.0 Å². The summed E-state index contributed by atoms with van der Waals surface area (Å²) in [6.45, 7) is 1.74. The number of pyridine rings is 2. The van der Waals surface area contributed by atoms with Gasteiger partial charge in [-0.1, -0.05) is 12.1 Å². The molecule has 0 saturated carbocycles. The van der Waals surface area contributed by atoms with Crippen molar-refractivity contribution < 1.29 is 18.7 Å². The Morgan fingerprint density at radius 3 is 2.89 bits per heavy atom. The van der Waals surface area contributed by atoms with Crippen LogP contribution in [0.5, 0.6) is 0 Å². The number of benzene rings is 1. The molecule has 2 amide bonds. The molecule has 1 fully saturated rings. The second-order valence-corrected chi connectivity index (χ2v) is 9.72. The first-order valence-electron chi connectivity index (χ1n) is 12.1. The van der Waals surface area contributed by atoms with Crippen molar-refractivity contribution in [3.63, 3.8) is 0 Å². The Bertz CT molecular complexity index is 1620. The van der Waals surface area contributed by atoms with Crippen molar-refractivity contribution in [3.8, 4) is 11.3 Å². The summed E-state index contributed by atoms with van der Waals surface area (Å²) in [7, 11) is 1.79. The predicted octanol–water partition coefficient (Wildman–Crippen LogP) is 3.22. The third kappa shape index (κ3) is 3.40. The van der Waals surface area contributed by atoms with Crippen LogP contribution in [0.25, 0.3) is 16.9 Å². The van der Waals surface area contributed by atoms with Crippen LogP contribution in [0, 0.1) is 11.7 Å². The van der Waals surface area contributed by atoms with Crippen LogP contribution in [-0.4, -0.2) is 51.3 Å². The number of rotatable bonds is 3. The van der Waals surface area contributed by atoms with Crippen LogP contribution >= 0.6 is 0 Å². The SMILES string of the molecule is CN1Cc2nc(Nc3ccc(-c4cnc5cc(F)ccn45)c4c3C(=O)NC4)ccc2[C@H]2COC[C@@H]2C1=O. The first-order valence-corrected chi connectivity index (χ1v) is 12.1. The molecule has 3 aliphatic heterocycles. The molecule has 2 N–H and O–H groups in total. The number of aromatic nitrogens is 3. The standard InChI is InChI=1S/C27H23FN6O3/c1-33-11-21-15(18-12-37-13-19(18)27(33)36)3-5-23(32-21)31-20-4-2-16(17-9-30-26(35)25(17)20)22-10-29-24-8-14(28)6-7-34(22)24/h2-8,10,18-19H,9,11-13H2,1H3,(H,30,35)(H,31,32)/t18-,19+/m1/s1. The quantitative estimate of drug-likeness (QED) is 0.450. The maximum absolute atomic E-state index is 13.7. The van der Waals surface area contributed by atoms with Crippen LogP contribution in [0.1, 0.15) is 33.1 Å². The number of carbonyl (C=O) groups excluding carboxylic acids is 2.